The van der Waals surface area contributed by atoms with Gasteiger partial charge in [0.2, 0.25) is 0 Å². The molecule has 0 bridgehead atoms. The van der Waals surface area contributed by atoms with Crippen molar-refractivity contribution in [2.45, 2.75) is 38.8 Å². The van der Waals surface area contributed by atoms with Gasteiger partial charge in [0, 0.05) is 24.5 Å². The zero-order chi connectivity index (χ0) is 17.8. The maximum atomic E-state index is 5.20. The zero-order valence-electron chi connectivity index (χ0n) is 15.3. The molecule has 1 saturated heterocycles. The fraction of sp³-hybridized carbons (Fsp3) is 0.450. The van der Waals surface area contributed by atoms with Crippen LogP contribution < -0.4 is 4.90 Å². The number of benzene rings is 1. The summed E-state index contributed by atoms with van der Waals surface area (Å²) in [5.74, 6) is 2.78. The molecule has 26 heavy (non-hydrogen) atoms. The van der Waals surface area contributed by atoms with Crippen LogP contribution in [0.4, 0.5) is 5.82 Å². The van der Waals surface area contributed by atoms with Crippen LogP contribution in [-0.2, 0) is 13.1 Å². The normalized spacial score (nSPS) is 15.5. The van der Waals surface area contributed by atoms with E-state index in [0.717, 1.165) is 41.4 Å². The summed E-state index contributed by atoms with van der Waals surface area (Å²) in [7, 11) is 2.05. The first-order chi connectivity index (χ1) is 12.8. The highest BCUT2D eigenvalue weighted by Crippen LogP contribution is 2.26. The van der Waals surface area contributed by atoms with Crippen LogP contribution in [-0.4, -0.2) is 40.2 Å². The number of aromatic nitrogens is 3. The maximum Gasteiger partial charge on any atom is 0.150 e. The summed E-state index contributed by atoms with van der Waals surface area (Å²) >= 11 is 0. The average molecular weight is 351 g/mol. The zero-order valence-corrected chi connectivity index (χ0v) is 15.3. The molecule has 1 aliphatic heterocycles. The number of fused-ring (bicyclic) bond motifs is 1. The summed E-state index contributed by atoms with van der Waals surface area (Å²) in [6, 6.07) is 10.2. The predicted molar refractivity (Wildman–Crippen MR) is 102 cm³/mol. The molecule has 0 N–H and O–H groups in total. The third-order valence-corrected chi connectivity index (χ3v) is 4.86. The highest BCUT2D eigenvalue weighted by Gasteiger charge is 2.17. The molecule has 3 heterocycles. The lowest BCUT2D eigenvalue weighted by atomic mass is 10.2. The molecule has 1 aliphatic rings. The van der Waals surface area contributed by atoms with Crippen molar-refractivity contribution in [3.63, 3.8) is 0 Å². The Morgan fingerprint density at radius 1 is 1.00 bits per heavy atom. The Morgan fingerprint density at radius 2 is 1.81 bits per heavy atom. The van der Waals surface area contributed by atoms with Gasteiger partial charge in [-0.05, 0) is 32.0 Å². The molecule has 0 amide bonds. The van der Waals surface area contributed by atoms with Crippen molar-refractivity contribution in [2.24, 2.45) is 0 Å². The second kappa shape index (κ2) is 7.83. The van der Waals surface area contributed by atoms with Crippen LogP contribution in [0.25, 0.3) is 10.9 Å². The first kappa shape index (κ1) is 17.0. The Labute approximate surface area is 153 Å². The quantitative estimate of drug-likeness (QED) is 0.700. The van der Waals surface area contributed by atoms with E-state index >= 15 is 0 Å². The molecular weight excluding hydrogens is 326 g/mol. The molecule has 6 heteroatoms. The second-order valence-electron chi connectivity index (χ2n) is 7.03. The molecule has 3 aromatic rings. The van der Waals surface area contributed by atoms with Gasteiger partial charge < -0.3 is 9.42 Å². The molecule has 0 spiro atoms. The van der Waals surface area contributed by atoms with Crippen molar-refractivity contribution < 1.29 is 4.52 Å². The van der Waals surface area contributed by atoms with Gasteiger partial charge in [-0.1, -0.05) is 30.1 Å². The fourth-order valence-corrected chi connectivity index (χ4v) is 3.59. The van der Waals surface area contributed by atoms with Crippen molar-refractivity contribution in [3.05, 3.63) is 48.1 Å². The van der Waals surface area contributed by atoms with Gasteiger partial charge in [0.1, 0.15) is 11.6 Å². The second-order valence-corrected chi connectivity index (χ2v) is 7.03. The van der Waals surface area contributed by atoms with Crippen LogP contribution in [0.15, 0.2) is 41.1 Å². The molecule has 6 nitrogen and oxygen atoms in total. The average Bonchev–Trinajstić information content (AvgIpc) is 3.00. The van der Waals surface area contributed by atoms with Crippen LogP contribution in [0.2, 0.25) is 0 Å². The Morgan fingerprint density at radius 3 is 2.58 bits per heavy atom. The highest BCUT2D eigenvalue weighted by molar-refractivity contribution is 5.89. The van der Waals surface area contributed by atoms with Gasteiger partial charge in [0.25, 0.3) is 0 Å². The minimum absolute atomic E-state index is 0.673. The van der Waals surface area contributed by atoms with Gasteiger partial charge in [-0.3, -0.25) is 4.90 Å². The Bertz CT molecular complexity index is 841. The van der Waals surface area contributed by atoms with E-state index in [0.29, 0.717) is 13.1 Å². The molecule has 136 valence electrons. The van der Waals surface area contributed by atoms with E-state index in [2.05, 4.69) is 33.2 Å². The summed E-state index contributed by atoms with van der Waals surface area (Å²) < 4.78 is 5.20. The van der Waals surface area contributed by atoms with Gasteiger partial charge in [0.15, 0.2) is 5.76 Å². The third kappa shape index (κ3) is 3.85. The number of anilines is 1. The number of nitrogens with zero attached hydrogens (tertiary/aromatic N) is 5. The topological polar surface area (TPSA) is 58.3 Å². The molecule has 1 fully saturated rings. The van der Waals surface area contributed by atoms with E-state index in [1.807, 2.05) is 19.2 Å². The molecule has 0 radical (unpaired) electrons. The van der Waals surface area contributed by atoms with Crippen LogP contribution in [0.3, 0.4) is 0 Å². The van der Waals surface area contributed by atoms with Crippen LogP contribution in [0, 0.1) is 0 Å². The van der Waals surface area contributed by atoms with Gasteiger partial charge in [0.05, 0.1) is 24.8 Å². The first-order valence-electron chi connectivity index (χ1n) is 9.38. The van der Waals surface area contributed by atoms with Gasteiger partial charge in [-0.15, -0.1) is 0 Å². The van der Waals surface area contributed by atoms with E-state index in [4.69, 9.17) is 14.5 Å². The van der Waals surface area contributed by atoms with Gasteiger partial charge in [-0.25, -0.2) is 9.97 Å². The molecular formula is C20H25N5O. The lowest BCUT2D eigenvalue weighted by molar-refractivity contribution is 0.262. The van der Waals surface area contributed by atoms with Crippen molar-refractivity contribution in [1.82, 2.24) is 20.0 Å². The van der Waals surface area contributed by atoms with Crippen molar-refractivity contribution >= 4 is 16.7 Å². The molecule has 0 aliphatic carbocycles. The van der Waals surface area contributed by atoms with E-state index in [1.54, 1.807) is 6.20 Å². The van der Waals surface area contributed by atoms with Crippen LogP contribution in [0.1, 0.15) is 37.3 Å². The summed E-state index contributed by atoms with van der Waals surface area (Å²) in [5, 5.41) is 4.92. The monoisotopic (exact) mass is 351 g/mol. The van der Waals surface area contributed by atoms with Crippen molar-refractivity contribution in [3.8, 4) is 0 Å². The molecule has 4 rings (SSSR count). The highest BCUT2D eigenvalue weighted by atomic mass is 16.5. The molecule has 2 aromatic heterocycles. The first-order valence-corrected chi connectivity index (χ1v) is 9.38. The van der Waals surface area contributed by atoms with Crippen molar-refractivity contribution in [1.29, 1.82) is 0 Å². The molecule has 1 aromatic carbocycles. The number of rotatable bonds is 5. The standard InChI is InChI=1S/C20H25N5O/c1-24(14-16-10-11-21-26-16)15-19-22-18-9-5-4-8-17(18)20(23-19)25-12-6-2-3-7-13-25/h4-5,8-11H,2-3,6-7,12-15H2,1H3. The molecule has 0 unspecified atom stereocenters. The predicted octanol–water partition coefficient (Wildman–Crippen LogP) is 3.63. The number of hydrogen-bond acceptors (Lipinski definition) is 6. The van der Waals surface area contributed by atoms with E-state index < -0.39 is 0 Å². The number of para-hydroxylation sites is 1. The van der Waals surface area contributed by atoms with Crippen LogP contribution in [0.5, 0.6) is 0 Å². The summed E-state index contributed by atoms with van der Waals surface area (Å²) in [6.07, 6.45) is 6.77. The summed E-state index contributed by atoms with van der Waals surface area (Å²) in [4.78, 5) is 14.4. The molecule has 0 saturated carbocycles. The SMILES string of the molecule is CN(Cc1nc(N2CCCCCC2)c2ccccc2n1)Cc1ccno1. The van der Waals surface area contributed by atoms with E-state index in [-0.39, 0.29) is 0 Å². The largest absolute Gasteiger partial charge is 0.360 e. The van der Waals surface area contributed by atoms with E-state index in [1.165, 1.54) is 25.7 Å². The Balaban J connectivity index is 1.62. The summed E-state index contributed by atoms with van der Waals surface area (Å²) in [6.45, 7) is 3.52. The molecule has 0 atom stereocenters. The minimum Gasteiger partial charge on any atom is -0.360 e. The minimum atomic E-state index is 0.673. The smallest absolute Gasteiger partial charge is 0.150 e. The van der Waals surface area contributed by atoms with Crippen LogP contribution >= 0.6 is 0 Å². The Hall–Kier alpha value is -2.47. The van der Waals surface area contributed by atoms with Gasteiger partial charge >= 0.3 is 0 Å². The number of hydrogen-bond donors (Lipinski definition) is 0. The lowest BCUT2D eigenvalue weighted by Crippen LogP contribution is -2.26. The van der Waals surface area contributed by atoms with E-state index in [9.17, 15) is 0 Å². The fourth-order valence-electron chi connectivity index (χ4n) is 3.59. The lowest BCUT2D eigenvalue weighted by Gasteiger charge is -2.24. The Kier molecular flexibility index (Phi) is 5.11. The van der Waals surface area contributed by atoms with Gasteiger partial charge in [-0.2, -0.15) is 0 Å². The van der Waals surface area contributed by atoms with Crippen molar-refractivity contribution in [2.75, 3.05) is 25.0 Å². The third-order valence-electron chi connectivity index (χ3n) is 4.86. The maximum absolute atomic E-state index is 5.20. The summed E-state index contributed by atoms with van der Waals surface area (Å²) in [5.41, 5.74) is 1.02.